The van der Waals surface area contributed by atoms with Crippen LogP contribution in [0.3, 0.4) is 0 Å². The number of rotatable bonds is 5. The van der Waals surface area contributed by atoms with Crippen LogP contribution in [0.15, 0.2) is 22.7 Å². The number of hydrogen-bond acceptors (Lipinski definition) is 2. The van der Waals surface area contributed by atoms with E-state index in [1.54, 1.807) is 7.11 Å². The molecule has 1 aromatic carbocycles. The lowest BCUT2D eigenvalue weighted by atomic mass is 9.83. The molecule has 0 radical (unpaired) electrons. The van der Waals surface area contributed by atoms with Crippen molar-refractivity contribution in [3.05, 3.63) is 28.2 Å². The third-order valence-corrected chi connectivity index (χ3v) is 5.01. The summed E-state index contributed by atoms with van der Waals surface area (Å²) in [7, 11) is 1.62. The SMILES string of the molecule is CCC(NC(=O)c1ccc(OC)c(Br)c1)C1CCCCC1. The van der Waals surface area contributed by atoms with E-state index < -0.39 is 0 Å². The molecular formula is C17H24BrNO2. The molecule has 1 atom stereocenters. The second kappa shape index (κ2) is 7.83. The van der Waals surface area contributed by atoms with Gasteiger partial charge in [0.25, 0.3) is 5.91 Å². The number of ether oxygens (including phenoxy) is 1. The van der Waals surface area contributed by atoms with Crippen molar-refractivity contribution in [2.24, 2.45) is 5.92 Å². The highest BCUT2D eigenvalue weighted by Crippen LogP contribution is 2.29. The van der Waals surface area contributed by atoms with Crippen LogP contribution in [-0.4, -0.2) is 19.1 Å². The Morgan fingerprint density at radius 2 is 2.10 bits per heavy atom. The Bertz CT molecular complexity index is 484. The molecule has 1 aliphatic rings. The molecule has 0 aliphatic heterocycles. The van der Waals surface area contributed by atoms with E-state index in [0.717, 1.165) is 16.6 Å². The fourth-order valence-corrected chi connectivity index (χ4v) is 3.69. The van der Waals surface area contributed by atoms with Crippen molar-refractivity contribution in [3.63, 3.8) is 0 Å². The second-order valence-electron chi connectivity index (χ2n) is 5.74. The summed E-state index contributed by atoms with van der Waals surface area (Å²) in [6, 6.07) is 5.74. The van der Waals surface area contributed by atoms with Gasteiger partial charge < -0.3 is 10.1 Å². The van der Waals surface area contributed by atoms with Crippen molar-refractivity contribution in [1.82, 2.24) is 5.32 Å². The molecular weight excluding hydrogens is 330 g/mol. The van der Waals surface area contributed by atoms with Crippen molar-refractivity contribution in [2.45, 2.75) is 51.5 Å². The molecule has 21 heavy (non-hydrogen) atoms. The van der Waals surface area contributed by atoms with E-state index in [-0.39, 0.29) is 5.91 Å². The lowest BCUT2D eigenvalue weighted by molar-refractivity contribution is 0.0911. The topological polar surface area (TPSA) is 38.3 Å². The minimum absolute atomic E-state index is 0.00998. The maximum atomic E-state index is 12.4. The van der Waals surface area contributed by atoms with Crippen LogP contribution < -0.4 is 10.1 Å². The van der Waals surface area contributed by atoms with Crippen molar-refractivity contribution in [1.29, 1.82) is 0 Å². The average molecular weight is 354 g/mol. The van der Waals surface area contributed by atoms with Gasteiger partial charge in [0.05, 0.1) is 11.6 Å². The Labute approximate surface area is 135 Å². The molecule has 2 rings (SSSR count). The van der Waals surface area contributed by atoms with Crippen LogP contribution in [0.25, 0.3) is 0 Å². The summed E-state index contributed by atoms with van der Waals surface area (Å²) in [6.45, 7) is 2.16. The van der Waals surface area contributed by atoms with E-state index in [0.29, 0.717) is 17.5 Å². The Hall–Kier alpha value is -1.03. The van der Waals surface area contributed by atoms with Crippen LogP contribution in [0.4, 0.5) is 0 Å². The Balaban J connectivity index is 2.03. The maximum Gasteiger partial charge on any atom is 0.251 e. The van der Waals surface area contributed by atoms with Gasteiger partial charge in [-0.3, -0.25) is 4.79 Å². The molecule has 4 heteroatoms. The molecule has 1 unspecified atom stereocenters. The highest BCUT2D eigenvalue weighted by Gasteiger charge is 2.24. The summed E-state index contributed by atoms with van der Waals surface area (Å²) >= 11 is 3.43. The first-order valence-electron chi connectivity index (χ1n) is 7.80. The van der Waals surface area contributed by atoms with Crippen LogP contribution in [0, 0.1) is 5.92 Å². The molecule has 1 aromatic rings. The monoisotopic (exact) mass is 353 g/mol. The molecule has 1 N–H and O–H groups in total. The molecule has 1 amide bonds. The fraction of sp³-hybridized carbons (Fsp3) is 0.588. The van der Waals surface area contributed by atoms with Crippen molar-refractivity contribution >= 4 is 21.8 Å². The van der Waals surface area contributed by atoms with Gasteiger partial charge in [0.1, 0.15) is 5.75 Å². The molecule has 0 spiro atoms. The van der Waals surface area contributed by atoms with E-state index in [1.807, 2.05) is 18.2 Å². The third kappa shape index (κ3) is 4.22. The number of carbonyl (C=O) groups is 1. The van der Waals surface area contributed by atoms with Crippen molar-refractivity contribution < 1.29 is 9.53 Å². The van der Waals surface area contributed by atoms with Gasteiger partial charge in [-0.1, -0.05) is 26.2 Å². The molecule has 0 aromatic heterocycles. The number of nitrogens with one attached hydrogen (secondary N) is 1. The minimum Gasteiger partial charge on any atom is -0.496 e. The van der Waals surface area contributed by atoms with Crippen LogP contribution in [-0.2, 0) is 0 Å². The molecule has 1 aliphatic carbocycles. The van der Waals surface area contributed by atoms with Crippen LogP contribution in [0.2, 0.25) is 0 Å². The summed E-state index contributed by atoms with van der Waals surface area (Å²) in [5.41, 5.74) is 0.678. The largest absolute Gasteiger partial charge is 0.496 e. The number of benzene rings is 1. The highest BCUT2D eigenvalue weighted by atomic mass is 79.9. The zero-order valence-electron chi connectivity index (χ0n) is 12.8. The average Bonchev–Trinajstić information content (AvgIpc) is 2.53. The molecule has 1 saturated carbocycles. The Morgan fingerprint density at radius 1 is 1.38 bits per heavy atom. The lowest BCUT2D eigenvalue weighted by Gasteiger charge is -2.30. The van der Waals surface area contributed by atoms with Gasteiger partial charge in [0.15, 0.2) is 0 Å². The summed E-state index contributed by atoms with van der Waals surface area (Å²) in [5.74, 6) is 1.39. The van der Waals surface area contributed by atoms with Crippen molar-refractivity contribution in [2.75, 3.05) is 7.11 Å². The Morgan fingerprint density at radius 3 is 2.67 bits per heavy atom. The molecule has 1 fully saturated rings. The minimum atomic E-state index is 0.00998. The van der Waals surface area contributed by atoms with Gasteiger partial charge in [0, 0.05) is 11.6 Å². The van der Waals surface area contributed by atoms with Gasteiger partial charge in [0.2, 0.25) is 0 Å². The maximum absolute atomic E-state index is 12.4. The van der Waals surface area contributed by atoms with Crippen LogP contribution in [0.5, 0.6) is 5.75 Å². The zero-order valence-corrected chi connectivity index (χ0v) is 14.4. The van der Waals surface area contributed by atoms with E-state index in [1.165, 1.54) is 32.1 Å². The molecule has 116 valence electrons. The van der Waals surface area contributed by atoms with Gasteiger partial charge in [-0.05, 0) is 59.3 Å². The van der Waals surface area contributed by atoms with Gasteiger partial charge >= 0.3 is 0 Å². The number of amides is 1. The highest BCUT2D eigenvalue weighted by molar-refractivity contribution is 9.10. The first-order chi connectivity index (χ1) is 10.2. The van der Waals surface area contributed by atoms with E-state index in [9.17, 15) is 4.79 Å². The van der Waals surface area contributed by atoms with Crippen LogP contribution >= 0.6 is 15.9 Å². The van der Waals surface area contributed by atoms with E-state index in [4.69, 9.17) is 4.74 Å². The summed E-state index contributed by atoms with van der Waals surface area (Å²) in [4.78, 5) is 12.4. The predicted octanol–water partition coefficient (Wildman–Crippen LogP) is 4.55. The number of methoxy groups -OCH3 is 1. The molecule has 0 bridgehead atoms. The Kier molecular flexibility index (Phi) is 6.09. The van der Waals surface area contributed by atoms with Gasteiger partial charge in [-0.15, -0.1) is 0 Å². The first kappa shape index (κ1) is 16.3. The standard InChI is InChI=1S/C17H24BrNO2/c1-3-15(12-7-5-4-6-8-12)19-17(20)13-9-10-16(21-2)14(18)11-13/h9-12,15H,3-8H2,1-2H3,(H,19,20). The molecule has 3 nitrogen and oxygen atoms in total. The van der Waals surface area contributed by atoms with Gasteiger partial charge in [-0.25, -0.2) is 0 Å². The second-order valence-corrected chi connectivity index (χ2v) is 6.59. The summed E-state index contributed by atoms with van der Waals surface area (Å²) < 4.78 is 6.01. The predicted molar refractivity (Wildman–Crippen MR) is 88.8 cm³/mol. The van der Waals surface area contributed by atoms with Crippen LogP contribution in [0.1, 0.15) is 55.8 Å². The number of carbonyl (C=O) groups excluding carboxylic acids is 1. The van der Waals surface area contributed by atoms with Gasteiger partial charge in [-0.2, -0.15) is 0 Å². The molecule has 0 heterocycles. The smallest absolute Gasteiger partial charge is 0.251 e. The summed E-state index contributed by atoms with van der Waals surface area (Å²) in [6.07, 6.45) is 7.41. The quantitative estimate of drug-likeness (QED) is 0.843. The fourth-order valence-electron chi connectivity index (χ4n) is 3.15. The summed E-state index contributed by atoms with van der Waals surface area (Å²) in [5, 5.41) is 3.22. The molecule has 0 saturated heterocycles. The lowest BCUT2D eigenvalue weighted by Crippen LogP contribution is -2.40. The van der Waals surface area contributed by atoms with E-state index >= 15 is 0 Å². The normalized spacial score (nSPS) is 17.3. The van der Waals surface area contributed by atoms with Crippen molar-refractivity contribution in [3.8, 4) is 5.75 Å². The van der Waals surface area contributed by atoms with E-state index in [2.05, 4.69) is 28.2 Å². The first-order valence-corrected chi connectivity index (χ1v) is 8.59. The number of hydrogen-bond donors (Lipinski definition) is 1. The zero-order chi connectivity index (χ0) is 15.2. The third-order valence-electron chi connectivity index (χ3n) is 4.39. The number of halogens is 1.